The lowest BCUT2D eigenvalue weighted by atomic mass is 9.84. The van der Waals surface area contributed by atoms with E-state index in [1.807, 2.05) is 20.8 Å². The Labute approximate surface area is 173 Å². The van der Waals surface area contributed by atoms with Crippen molar-refractivity contribution in [2.24, 2.45) is 5.92 Å². The predicted octanol–water partition coefficient (Wildman–Crippen LogP) is 5.32. The van der Waals surface area contributed by atoms with Gasteiger partial charge in [-0.05, 0) is 58.4 Å². The van der Waals surface area contributed by atoms with Gasteiger partial charge in [0.1, 0.15) is 21.8 Å². The number of halogens is 3. The van der Waals surface area contributed by atoms with Crippen LogP contribution in [0, 0.1) is 5.92 Å². The second kappa shape index (κ2) is 8.73. The first-order valence-electron chi connectivity index (χ1n) is 9.70. The van der Waals surface area contributed by atoms with Crippen molar-refractivity contribution < 1.29 is 18.3 Å². The fourth-order valence-electron chi connectivity index (χ4n) is 3.56. The largest absolute Gasteiger partial charge is 0.460 e. The summed E-state index contributed by atoms with van der Waals surface area (Å²) in [5.41, 5.74) is -0.397. The van der Waals surface area contributed by atoms with Crippen LogP contribution in [-0.2, 0) is 9.53 Å². The zero-order chi connectivity index (χ0) is 21.2. The minimum Gasteiger partial charge on any atom is -0.460 e. The number of aromatic nitrogens is 3. The van der Waals surface area contributed by atoms with E-state index in [2.05, 4.69) is 20.3 Å². The number of fused-ring (bicyclic) bond motifs is 1. The number of hydrogen-bond acceptors (Lipinski definition) is 6. The van der Waals surface area contributed by atoms with Crippen LogP contribution >= 0.6 is 11.6 Å². The Hall–Kier alpha value is -2.09. The van der Waals surface area contributed by atoms with Crippen LogP contribution in [-0.4, -0.2) is 32.6 Å². The molecule has 0 unspecified atom stereocenters. The van der Waals surface area contributed by atoms with Crippen molar-refractivity contribution in [3.63, 3.8) is 0 Å². The Balaban J connectivity index is 1.60. The summed E-state index contributed by atoms with van der Waals surface area (Å²) < 4.78 is 32.0. The van der Waals surface area contributed by atoms with Gasteiger partial charge >= 0.3 is 5.97 Å². The number of carbonyl (C=O) groups excluding carboxylic acids is 1. The van der Waals surface area contributed by atoms with Gasteiger partial charge < -0.3 is 10.1 Å². The molecule has 2 aromatic heterocycles. The number of alkyl halides is 2. The van der Waals surface area contributed by atoms with Gasteiger partial charge in [0.15, 0.2) is 0 Å². The van der Waals surface area contributed by atoms with Crippen molar-refractivity contribution in [1.29, 1.82) is 0 Å². The van der Waals surface area contributed by atoms with Gasteiger partial charge in [0, 0.05) is 18.0 Å². The van der Waals surface area contributed by atoms with Crippen molar-refractivity contribution in [2.75, 3.05) is 5.32 Å². The highest BCUT2D eigenvalue weighted by atomic mass is 35.5. The molecular weight excluding hydrogens is 402 g/mol. The van der Waals surface area contributed by atoms with E-state index in [-0.39, 0.29) is 39.7 Å². The average Bonchev–Trinajstić information content (AvgIpc) is 2.61. The van der Waals surface area contributed by atoms with Crippen LogP contribution < -0.4 is 5.32 Å². The number of esters is 1. The first-order chi connectivity index (χ1) is 13.6. The zero-order valence-corrected chi connectivity index (χ0v) is 17.5. The Morgan fingerprint density at radius 3 is 2.59 bits per heavy atom. The molecule has 3 rings (SSSR count). The Bertz CT molecular complexity index is 881. The Kier molecular flexibility index (Phi) is 6.51. The number of nitrogens with zero attached hydrogens (tertiary/aromatic N) is 3. The fourth-order valence-corrected chi connectivity index (χ4v) is 3.77. The molecule has 1 aliphatic rings. The van der Waals surface area contributed by atoms with Gasteiger partial charge in [-0.25, -0.2) is 23.7 Å². The van der Waals surface area contributed by atoms with Gasteiger partial charge in [-0.15, -0.1) is 0 Å². The summed E-state index contributed by atoms with van der Waals surface area (Å²) in [6, 6.07) is 1.25. The fraction of sp³-hybridized carbons (Fsp3) is 0.600. The lowest BCUT2D eigenvalue weighted by Crippen LogP contribution is -2.30. The third-order valence-electron chi connectivity index (χ3n) is 4.84. The van der Waals surface area contributed by atoms with E-state index in [1.165, 1.54) is 6.20 Å². The first kappa shape index (κ1) is 21.6. The smallest absolute Gasteiger partial charge is 0.306 e. The molecule has 29 heavy (non-hydrogen) atoms. The van der Waals surface area contributed by atoms with Crippen molar-refractivity contribution >= 4 is 34.6 Å². The molecular formula is C20H25ClF2N4O2. The molecule has 2 aromatic rings. The van der Waals surface area contributed by atoms with Gasteiger partial charge in [0.05, 0.1) is 6.20 Å². The number of rotatable bonds is 5. The van der Waals surface area contributed by atoms with Gasteiger partial charge in [0.2, 0.25) is 5.95 Å². The molecule has 0 aliphatic heterocycles. The van der Waals surface area contributed by atoms with Crippen LogP contribution in [0.25, 0.3) is 11.0 Å². The van der Waals surface area contributed by atoms with Gasteiger partial charge in [0.25, 0.3) is 6.43 Å². The summed E-state index contributed by atoms with van der Waals surface area (Å²) in [6.07, 6.45) is 2.56. The van der Waals surface area contributed by atoms with E-state index in [4.69, 9.17) is 16.3 Å². The van der Waals surface area contributed by atoms with Crippen LogP contribution in [0.1, 0.15) is 64.9 Å². The molecule has 1 N–H and O–H groups in total. The van der Waals surface area contributed by atoms with Crippen LogP contribution in [0.5, 0.6) is 0 Å². The minimum atomic E-state index is -2.70. The van der Waals surface area contributed by atoms with Crippen molar-refractivity contribution in [3.05, 3.63) is 23.0 Å². The number of nitrogens with one attached hydrogen (secondary N) is 1. The lowest BCUT2D eigenvalue weighted by molar-refractivity contribution is -0.156. The van der Waals surface area contributed by atoms with E-state index in [9.17, 15) is 13.6 Å². The lowest BCUT2D eigenvalue weighted by Gasteiger charge is -2.29. The second-order valence-corrected chi connectivity index (χ2v) is 8.80. The third kappa shape index (κ3) is 5.95. The normalized spacial score (nSPS) is 20.1. The van der Waals surface area contributed by atoms with E-state index < -0.39 is 12.0 Å². The molecule has 1 fully saturated rings. The molecule has 6 nitrogen and oxygen atoms in total. The quantitative estimate of drug-likeness (QED) is 0.515. The minimum absolute atomic E-state index is 0.0135. The summed E-state index contributed by atoms with van der Waals surface area (Å²) in [6.45, 7) is 5.58. The molecule has 0 radical (unpaired) electrons. The molecule has 0 atom stereocenters. The van der Waals surface area contributed by atoms with E-state index in [0.717, 1.165) is 31.7 Å². The molecule has 0 aromatic carbocycles. The van der Waals surface area contributed by atoms with E-state index >= 15 is 0 Å². The van der Waals surface area contributed by atoms with E-state index in [0.29, 0.717) is 12.4 Å². The standard InChI is InChI=1S/C20H25ClF2N4O2/c1-20(2,3)29-16(28)8-11-4-6-12(7-5-11)25-19-24-10-14-17(27-19)13(18(22)23)9-15(21)26-14/h9-12,18H,4-8H2,1-3H3,(H,24,25,27). The number of anilines is 1. The second-order valence-electron chi connectivity index (χ2n) is 8.41. The van der Waals surface area contributed by atoms with Crippen molar-refractivity contribution in [3.8, 4) is 0 Å². The predicted molar refractivity (Wildman–Crippen MR) is 107 cm³/mol. The van der Waals surface area contributed by atoms with Crippen LogP contribution in [0.2, 0.25) is 5.15 Å². The third-order valence-corrected chi connectivity index (χ3v) is 5.03. The highest BCUT2D eigenvalue weighted by molar-refractivity contribution is 6.29. The molecule has 0 bridgehead atoms. The molecule has 0 saturated heterocycles. The molecule has 158 valence electrons. The molecule has 2 heterocycles. The monoisotopic (exact) mass is 426 g/mol. The molecule has 9 heteroatoms. The topological polar surface area (TPSA) is 77.0 Å². The summed E-state index contributed by atoms with van der Waals surface area (Å²) >= 11 is 5.80. The number of ether oxygens (including phenoxy) is 1. The summed E-state index contributed by atoms with van der Waals surface area (Å²) in [7, 11) is 0. The maximum absolute atomic E-state index is 13.3. The van der Waals surface area contributed by atoms with Gasteiger partial charge in [-0.2, -0.15) is 0 Å². The average molecular weight is 427 g/mol. The van der Waals surface area contributed by atoms with Gasteiger partial charge in [-0.1, -0.05) is 11.6 Å². The van der Waals surface area contributed by atoms with Crippen molar-refractivity contribution in [2.45, 2.75) is 70.9 Å². The first-order valence-corrected chi connectivity index (χ1v) is 10.1. The SMILES string of the molecule is CC(C)(C)OC(=O)CC1CCC(Nc2ncc3nc(Cl)cc(C(F)F)c3n2)CC1. The summed E-state index contributed by atoms with van der Waals surface area (Å²) in [5.74, 6) is 0.411. The molecule has 1 aliphatic carbocycles. The zero-order valence-electron chi connectivity index (χ0n) is 16.7. The number of pyridine rings is 1. The highest BCUT2D eigenvalue weighted by Crippen LogP contribution is 2.31. The van der Waals surface area contributed by atoms with Crippen LogP contribution in [0.4, 0.5) is 14.7 Å². The highest BCUT2D eigenvalue weighted by Gasteiger charge is 2.26. The van der Waals surface area contributed by atoms with Crippen LogP contribution in [0.3, 0.4) is 0 Å². The maximum atomic E-state index is 13.3. The van der Waals surface area contributed by atoms with Crippen LogP contribution in [0.15, 0.2) is 12.3 Å². The van der Waals surface area contributed by atoms with Crippen molar-refractivity contribution in [1.82, 2.24) is 15.0 Å². The molecule has 1 saturated carbocycles. The molecule has 0 amide bonds. The molecule has 0 spiro atoms. The Morgan fingerprint density at radius 2 is 1.97 bits per heavy atom. The number of carbonyl (C=O) groups is 1. The summed E-state index contributed by atoms with van der Waals surface area (Å²) in [5, 5.41) is 3.21. The maximum Gasteiger partial charge on any atom is 0.306 e. The number of hydrogen-bond donors (Lipinski definition) is 1. The van der Waals surface area contributed by atoms with E-state index in [1.54, 1.807) is 0 Å². The summed E-state index contributed by atoms with van der Waals surface area (Å²) in [4.78, 5) is 24.4. The Morgan fingerprint density at radius 1 is 1.28 bits per heavy atom. The van der Waals surface area contributed by atoms with Gasteiger partial charge in [-0.3, -0.25) is 4.79 Å².